The first-order valence-corrected chi connectivity index (χ1v) is 9.83. The van der Waals surface area contributed by atoms with Crippen LogP contribution in [0.3, 0.4) is 0 Å². The van der Waals surface area contributed by atoms with E-state index >= 15 is 0 Å². The minimum absolute atomic E-state index is 0.457. The van der Waals surface area contributed by atoms with E-state index in [4.69, 9.17) is 0 Å². The fourth-order valence-electron chi connectivity index (χ4n) is 3.18. The summed E-state index contributed by atoms with van der Waals surface area (Å²) in [7, 11) is 0. The number of benzene rings is 2. The Hall–Kier alpha value is -1.00. The molecule has 3 rings (SSSR count). The molecule has 116 valence electrons. The third-order valence-electron chi connectivity index (χ3n) is 4.18. The van der Waals surface area contributed by atoms with Crippen LogP contribution in [0.2, 0.25) is 0 Å². The van der Waals surface area contributed by atoms with Crippen molar-refractivity contribution in [3.63, 3.8) is 0 Å². The molecule has 1 fully saturated rings. The van der Waals surface area contributed by atoms with E-state index < -0.39 is 0 Å². The monoisotopic (exact) mass is 422 g/mol. The topological polar surface area (TPSA) is 6.48 Å². The molecule has 1 aliphatic rings. The molecule has 0 amide bonds. The Bertz CT molecular complexity index is 562. The van der Waals surface area contributed by atoms with Crippen LogP contribution >= 0.6 is 31.9 Å². The van der Waals surface area contributed by atoms with Crippen LogP contribution < -0.4 is 9.80 Å². The van der Waals surface area contributed by atoms with Gasteiger partial charge in [-0.3, -0.25) is 0 Å². The lowest BCUT2D eigenvalue weighted by Gasteiger charge is -2.48. The Kier molecular flexibility index (Phi) is 5.42. The fraction of sp³-hybridized carbons (Fsp3) is 0.333. The summed E-state index contributed by atoms with van der Waals surface area (Å²) in [6.07, 6.45) is 0. The Morgan fingerprint density at radius 2 is 1.18 bits per heavy atom. The zero-order chi connectivity index (χ0) is 15.4. The maximum atomic E-state index is 3.72. The number of alkyl halides is 2. The van der Waals surface area contributed by atoms with Gasteiger partial charge in [-0.2, -0.15) is 0 Å². The molecule has 1 aliphatic heterocycles. The zero-order valence-corrected chi connectivity index (χ0v) is 15.6. The molecule has 0 radical (unpaired) electrons. The molecule has 1 saturated heterocycles. The number of hydrogen-bond acceptors (Lipinski definition) is 2. The minimum atomic E-state index is 0.457. The standard InChI is InChI=1S/C18H20Br2N2/c19-11-17-13-21(15-7-3-1-4-8-15)14-18(12-20)22(17)16-9-5-2-6-10-16/h1-10,17-18H,11-14H2/t17-,18+. The molecular weight excluding hydrogens is 404 g/mol. The maximum Gasteiger partial charge on any atom is 0.0566 e. The van der Waals surface area contributed by atoms with Crippen molar-refractivity contribution in [2.24, 2.45) is 0 Å². The van der Waals surface area contributed by atoms with E-state index in [0.717, 1.165) is 23.7 Å². The summed E-state index contributed by atoms with van der Waals surface area (Å²) in [6.45, 7) is 2.07. The molecule has 2 aromatic carbocycles. The van der Waals surface area contributed by atoms with Gasteiger partial charge >= 0.3 is 0 Å². The highest BCUT2D eigenvalue weighted by molar-refractivity contribution is 9.09. The number of anilines is 2. The van der Waals surface area contributed by atoms with Crippen molar-refractivity contribution in [3.05, 3.63) is 60.7 Å². The lowest BCUT2D eigenvalue weighted by atomic mass is 10.1. The van der Waals surface area contributed by atoms with Gasteiger partial charge in [-0.15, -0.1) is 0 Å². The first-order valence-electron chi connectivity index (χ1n) is 7.58. The molecular formula is C18H20Br2N2. The predicted molar refractivity (Wildman–Crippen MR) is 103 cm³/mol. The molecule has 0 aromatic heterocycles. The van der Waals surface area contributed by atoms with Crippen LogP contribution in [0.1, 0.15) is 0 Å². The predicted octanol–water partition coefficient (Wildman–Crippen LogP) is 4.54. The van der Waals surface area contributed by atoms with Crippen LogP contribution in [0.5, 0.6) is 0 Å². The minimum Gasteiger partial charge on any atom is -0.367 e. The van der Waals surface area contributed by atoms with Crippen molar-refractivity contribution in [2.75, 3.05) is 33.5 Å². The van der Waals surface area contributed by atoms with Crippen LogP contribution in [0.4, 0.5) is 11.4 Å². The molecule has 0 aliphatic carbocycles. The van der Waals surface area contributed by atoms with Gasteiger partial charge in [0.05, 0.1) is 12.1 Å². The van der Waals surface area contributed by atoms with Crippen molar-refractivity contribution in [1.82, 2.24) is 0 Å². The molecule has 2 aromatic rings. The molecule has 2 atom stereocenters. The summed E-state index contributed by atoms with van der Waals surface area (Å²) in [5.74, 6) is 0. The molecule has 0 bridgehead atoms. The summed E-state index contributed by atoms with van der Waals surface area (Å²) in [4.78, 5) is 5.06. The lowest BCUT2D eigenvalue weighted by Crippen LogP contribution is -2.60. The highest BCUT2D eigenvalue weighted by Crippen LogP contribution is 2.29. The highest BCUT2D eigenvalue weighted by Gasteiger charge is 2.33. The second-order valence-corrected chi connectivity index (χ2v) is 6.89. The molecule has 0 saturated carbocycles. The van der Waals surface area contributed by atoms with Gasteiger partial charge in [0.2, 0.25) is 0 Å². The number of piperazine rings is 1. The number of hydrogen-bond donors (Lipinski definition) is 0. The molecule has 2 nitrogen and oxygen atoms in total. The van der Waals surface area contributed by atoms with Gasteiger partial charge in [0.1, 0.15) is 0 Å². The molecule has 22 heavy (non-hydrogen) atoms. The van der Waals surface area contributed by atoms with Crippen LogP contribution in [0, 0.1) is 0 Å². The van der Waals surface area contributed by atoms with Gasteiger partial charge < -0.3 is 9.80 Å². The fourth-order valence-corrected chi connectivity index (χ4v) is 4.21. The normalized spacial score (nSPS) is 21.9. The number of nitrogens with zero attached hydrogens (tertiary/aromatic N) is 2. The van der Waals surface area contributed by atoms with E-state index in [-0.39, 0.29) is 0 Å². The molecule has 0 N–H and O–H groups in total. The largest absolute Gasteiger partial charge is 0.367 e. The van der Waals surface area contributed by atoms with Gasteiger partial charge in [0.25, 0.3) is 0 Å². The van der Waals surface area contributed by atoms with E-state index in [1.54, 1.807) is 0 Å². The van der Waals surface area contributed by atoms with E-state index in [1.807, 2.05) is 0 Å². The van der Waals surface area contributed by atoms with Crippen LogP contribution in [0.15, 0.2) is 60.7 Å². The van der Waals surface area contributed by atoms with E-state index in [1.165, 1.54) is 11.4 Å². The van der Waals surface area contributed by atoms with Crippen molar-refractivity contribution in [3.8, 4) is 0 Å². The quantitative estimate of drug-likeness (QED) is 0.666. The summed E-state index contributed by atoms with van der Waals surface area (Å²) >= 11 is 7.44. The van der Waals surface area contributed by atoms with Crippen LogP contribution in [-0.2, 0) is 0 Å². The summed E-state index contributed by atoms with van der Waals surface area (Å²) in [5, 5.41) is 1.93. The van der Waals surface area contributed by atoms with Crippen molar-refractivity contribution >= 4 is 43.2 Å². The average Bonchev–Trinajstić information content (AvgIpc) is 2.62. The van der Waals surface area contributed by atoms with Crippen LogP contribution in [-0.4, -0.2) is 35.8 Å². The summed E-state index contributed by atoms with van der Waals surface area (Å²) in [6, 6.07) is 22.4. The SMILES string of the molecule is BrC[C@@H]1CN(c2ccccc2)C[C@H](CBr)N1c1ccccc1. The van der Waals surface area contributed by atoms with E-state index in [9.17, 15) is 0 Å². The van der Waals surface area contributed by atoms with Gasteiger partial charge in [0, 0.05) is 35.1 Å². The van der Waals surface area contributed by atoms with Crippen LogP contribution in [0.25, 0.3) is 0 Å². The number of rotatable bonds is 4. The van der Waals surface area contributed by atoms with Gasteiger partial charge in [-0.25, -0.2) is 0 Å². The Morgan fingerprint density at radius 3 is 1.64 bits per heavy atom. The van der Waals surface area contributed by atoms with E-state index in [2.05, 4.69) is 102 Å². The van der Waals surface area contributed by atoms with Gasteiger partial charge in [0.15, 0.2) is 0 Å². The van der Waals surface area contributed by atoms with Crippen molar-refractivity contribution in [1.29, 1.82) is 0 Å². The summed E-state index contributed by atoms with van der Waals surface area (Å²) < 4.78 is 0. The first kappa shape index (κ1) is 15.9. The third-order valence-corrected chi connectivity index (χ3v) is 5.68. The maximum absolute atomic E-state index is 3.72. The van der Waals surface area contributed by atoms with E-state index in [0.29, 0.717) is 12.1 Å². The van der Waals surface area contributed by atoms with Gasteiger partial charge in [-0.05, 0) is 24.3 Å². The average molecular weight is 424 g/mol. The second kappa shape index (κ2) is 7.51. The Morgan fingerprint density at radius 1 is 0.727 bits per heavy atom. The van der Waals surface area contributed by atoms with Crippen molar-refractivity contribution < 1.29 is 0 Å². The molecule has 0 unspecified atom stereocenters. The Balaban J connectivity index is 1.88. The first-order chi connectivity index (χ1) is 10.8. The number of para-hydroxylation sites is 2. The highest BCUT2D eigenvalue weighted by atomic mass is 79.9. The number of halogens is 2. The zero-order valence-electron chi connectivity index (χ0n) is 12.4. The second-order valence-electron chi connectivity index (χ2n) is 5.60. The third kappa shape index (κ3) is 3.33. The Labute approximate surface area is 149 Å². The van der Waals surface area contributed by atoms with Gasteiger partial charge in [-0.1, -0.05) is 68.3 Å². The van der Waals surface area contributed by atoms with Crippen molar-refractivity contribution in [2.45, 2.75) is 12.1 Å². The molecule has 4 heteroatoms. The molecule has 1 heterocycles. The lowest BCUT2D eigenvalue weighted by molar-refractivity contribution is 0.486. The molecule has 0 spiro atoms. The smallest absolute Gasteiger partial charge is 0.0566 e. The summed E-state index contributed by atoms with van der Waals surface area (Å²) in [5.41, 5.74) is 2.62.